The van der Waals surface area contributed by atoms with Gasteiger partial charge >= 0.3 is 6.18 Å². The molecule has 34 heavy (non-hydrogen) atoms. The number of benzene rings is 1. The van der Waals surface area contributed by atoms with Crippen molar-refractivity contribution < 1.29 is 22.7 Å². The van der Waals surface area contributed by atoms with Gasteiger partial charge in [-0.3, -0.25) is 4.79 Å². The molecule has 0 bridgehead atoms. The van der Waals surface area contributed by atoms with Crippen molar-refractivity contribution in [1.29, 1.82) is 0 Å². The molecule has 0 radical (unpaired) electrons. The molecule has 0 N–H and O–H groups in total. The molecule has 3 aliphatic carbocycles. The van der Waals surface area contributed by atoms with Gasteiger partial charge in [0.05, 0.1) is 18.8 Å². The van der Waals surface area contributed by atoms with E-state index in [9.17, 15) is 18.0 Å². The van der Waals surface area contributed by atoms with Crippen molar-refractivity contribution >= 4 is 5.91 Å². The van der Waals surface area contributed by atoms with Crippen LogP contribution < -0.4 is 0 Å². The predicted octanol–water partition coefficient (Wildman–Crippen LogP) is 6.70. The lowest BCUT2D eigenvalue weighted by atomic mass is 9.47. The van der Waals surface area contributed by atoms with E-state index in [1.54, 1.807) is 6.07 Å². The Balaban J connectivity index is 1.24. The molecular formula is C28H38F3NO2. The summed E-state index contributed by atoms with van der Waals surface area (Å²) in [7, 11) is 2.00. The molecule has 1 aliphatic heterocycles. The van der Waals surface area contributed by atoms with Crippen LogP contribution in [0.25, 0.3) is 0 Å². The number of carbonyl (C=O) groups is 1. The van der Waals surface area contributed by atoms with E-state index in [1.807, 2.05) is 11.9 Å². The normalized spacial score (nSPS) is 40.0. The third-order valence-corrected chi connectivity index (χ3v) is 10.6. The van der Waals surface area contributed by atoms with E-state index >= 15 is 0 Å². The summed E-state index contributed by atoms with van der Waals surface area (Å²) in [4.78, 5) is 14.4. The van der Waals surface area contributed by atoms with Gasteiger partial charge < -0.3 is 9.64 Å². The number of amides is 1. The highest BCUT2D eigenvalue weighted by Gasteiger charge is 2.61. The fraction of sp³-hybridized carbons (Fsp3) is 0.750. The van der Waals surface area contributed by atoms with Gasteiger partial charge in [0.15, 0.2) is 0 Å². The van der Waals surface area contributed by atoms with E-state index in [4.69, 9.17) is 4.74 Å². The molecule has 188 valence electrons. The number of halogens is 3. The second-order valence-electron chi connectivity index (χ2n) is 12.0. The molecule has 5 rings (SSSR count). The maximum Gasteiger partial charge on any atom is 0.416 e. The number of fused-ring (bicyclic) bond motifs is 5. The summed E-state index contributed by atoms with van der Waals surface area (Å²) in [6.45, 7) is 5.75. The monoisotopic (exact) mass is 477 g/mol. The first-order chi connectivity index (χ1) is 16.0. The standard InChI is InChI=1S/C28H38F3NO2/c1-26-13-11-23-21(8-10-24-27(23,2)14-12-25(33)32(24)3)22(26)9-7-20(26)17-34-16-18-5-4-6-19(15-18)28(29,30)31/h4-6,15,20-24H,7-14,16-17H2,1-3H3/t20?,21-,22-,23+,24?,26+,27+/m0/s1. The van der Waals surface area contributed by atoms with Gasteiger partial charge in [0, 0.05) is 19.5 Å². The molecule has 0 spiro atoms. The van der Waals surface area contributed by atoms with Gasteiger partial charge in [-0.05, 0) is 97.1 Å². The molecule has 1 amide bonds. The summed E-state index contributed by atoms with van der Waals surface area (Å²) in [6, 6.07) is 5.87. The molecule has 1 aromatic carbocycles. The number of carbonyl (C=O) groups excluding carboxylic acids is 1. The summed E-state index contributed by atoms with van der Waals surface area (Å²) in [5.41, 5.74) is 0.443. The first-order valence-corrected chi connectivity index (χ1v) is 13.0. The Hall–Kier alpha value is -1.56. The van der Waals surface area contributed by atoms with Crippen LogP contribution in [0.1, 0.15) is 76.3 Å². The second-order valence-corrected chi connectivity index (χ2v) is 12.0. The van der Waals surface area contributed by atoms with E-state index in [2.05, 4.69) is 13.8 Å². The topological polar surface area (TPSA) is 29.5 Å². The number of piperidine rings is 1. The number of hydrogen-bond donors (Lipinski definition) is 0. The van der Waals surface area contributed by atoms with Crippen molar-refractivity contribution in [2.45, 2.75) is 84.0 Å². The van der Waals surface area contributed by atoms with E-state index < -0.39 is 11.7 Å². The highest BCUT2D eigenvalue weighted by molar-refractivity contribution is 5.77. The van der Waals surface area contributed by atoms with Crippen LogP contribution in [0.2, 0.25) is 0 Å². The average molecular weight is 478 g/mol. The molecule has 4 fully saturated rings. The predicted molar refractivity (Wildman–Crippen MR) is 125 cm³/mol. The Morgan fingerprint density at radius 1 is 1.03 bits per heavy atom. The summed E-state index contributed by atoms with van der Waals surface area (Å²) in [5, 5.41) is 0. The number of alkyl halides is 3. The third kappa shape index (κ3) is 3.88. The van der Waals surface area contributed by atoms with Crippen molar-refractivity contribution in [3.8, 4) is 0 Å². The lowest BCUT2D eigenvalue weighted by Crippen LogP contribution is -2.61. The molecular weight excluding hydrogens is 439 g/mol. The summed E-state index contributed by atoms with van der Waals surface area (Å²) in [6.07, 6.45) is 4.49. The van der Waals surface area contributed by atoms with Crippen LogP contribution >= 0.6 is 0 Å². The Kier molecular flexibility index (Phi) is 6.06. The van der Waals surface area contributed by atoms with Crippen LogP contribution in [0.4, 0.5) is 13.2 Å². The number of ether oxygens (including phenoxy) is 1. The molecule has 1 aromatic rings. The van der Waals surface area contributed by atoms with Crippen molar-refractivity contribution in [1.82, 2.24) is 4.90 Å². The van der Waals surface area contributed by atoms with E-state index in [1.165, 1.54) is 37.8 Å². The molecule has 1 heterocycles. The smallest absolute Gasteiger partial charge is 0.376 e. The second kappa shape index (κ2) is 8.53. The van der Waals surface area contributed by atoms with Gasteiger partial charge in [-0.15, -0.1) is 0 Å². The first kappa shape index (κ1) is 24.1. The zero-order valence-corrected chi connectivity index (χ0v) is 20.7. The number of nitrogens with zero attached hydrogens (tertiary/aromatic N) is 1. The van der Waals surface area contributed by atoms with Crippen LogP contribution in [0.3, 0.4) is 0 Å². The first-order valence-electron chi connectivity index (χ1n) is 13.0. The lowest BCUT2D eigenvalue weighted by Gasteiger charge is -2.61. The molecule has 2 unspecified atom stereocenters. The Morgan fingerprint density at radius 2 is 1.79 bits per heavy atom. The van der Waals surface area contributed by atoms with E-state index in [-0.39, 0.29) is 17.4 Å². The van der Waals surface area contributed by atoms with Crippen LogP contribution in [0.5, 0.6) is 0 Å². The summed E-state index contributed by atoms with van der Waals surface area (Å²) in [5.74, 6) is 2.86. The maximum atomic E-state index is 13.0. The molecule has 4 aliphatic rings. The zero-order valence-electron chi connectivity index (χ0n) is 20.7. The van der Waals surface area contributed by atoms with Crippen LogP contribution in [-0.4, -0.2) is 30.5 Å². The average Bonchev–Trinajstić information content (AvgIpc) is 3.13. The summed E-state index contributed by atoms with van der Waals surface area (Å²) < 4.78 is 45.1. The van der Waals surface area contributed by atoms with Crippen molar-refractivity contribution in [3.63, 3.8) is 0 Å². The zero-order chi connectivity index (χ0) is 24.3. The molecule has 3 saturated carbocycles. The van der Waals surface area contributed by atoms with Crippen LogP contribution in [0, 0.1) is 34.5 Å². The largest absolute Gasteiger partial charge is 0.416 e. The van der Waals surface area contributed by atoms with Gasteiger partial charge in [0.2, 0.25) is 5.91 Å². The van der Waals surface area contributed by atoms with E-state index in [0.717, 1.165) is 31.2 Å². The minimum absolute atomic E-state index is 0.227. The number of rotatable bonds is 4. The third-order valence-electron chi connectivity index (χ3n) is 10.6. The van der Waals surface area contributed by atoms with Crippen molar-refractivity contribution in [2.75, 3.05) is 13.7 Å². The fourth-order valence-corrected chi connectivity index (χ4v) is 8.69. The number of likely N-dealkylation sites (tertiary alicyclic amines) is 1. The maximum absolute atomic E-state index is 13.0. The minimum atomic E-state index is -4.32. The van der Waals surface area contributed by atoms with Gasteiger partial charge in [-0.2, -0.15) is 13.2 Å². The molecule has 7 atom stereocenters. The van der Waals surface area contributed by atoms with Crippen molar-refractivity contribution in [2.24, 2.45) is 34.5 Å². The highest BCUT2D eigenvalue weighted by Crippen LogP contribution is 2.66. The van der Waals surface area contributed by atoms with Crippen LogP contribution in [0.15, 0.2) is 24.3 Å². The lowest BCUT2D eigenvalue weighted by molar-refractivity contribution is -0.159. The van der Waals surface area contributed by atoms with Crippen molar-refractivity contribution in [3.05, 3.63) is 35.4 Å². The van der Waals surface area contributed by atoms with Gasteiger partial charge in [-0.25, -0.2) is 0 Å². The highest BCUT2D eigenvalue weighted by atomic mass is 19.4. The number of hydrogen-bond acceptors (Lipinski definition) is 2. The fourth-order valence-electron chi connectivity index (χ4n) is 8.69. The van der Waals surface area contributed by atoms with Crippen LogP contribution in [-0.2, 0) is 22.3 Å². The molecule has 0 aromatic heterocycles. The Labute approximate surface area is 201 Å². The van der Waals surface area contributed by atoms with Gasteiger partial charge in [-0.1, -0.05) is 26.0 Å². The van der Waals surface area contributed by atoms with E-state index in [0.29, 0.717) is 48.3 Å². The SMILES string of the molecule is CN1C(=O)CC[C@@]2(C)C1CC[C@@H]1[C@H]2CC[C@]2(C)C(COCc3cccc(C(F)(F)F)c3)CC[C@@H]12. The Morgan fingerprint density at radius 3 is 2.56 bits per heavy atom. The summed E-state index contributed by atoms with van der Waals surface area (Å²) >= 11 is 0. The molecule has 3 nitrogen and oxygen atoms in total. The Bertz CT molecular complexity index is 932. The molecule has 1 saturated heterocycles. The molecule has 6 heteroatoms. The quantitative estimate of drug-likeness (QED) is 0.483. The van der Waals surface area contributed by atoms with Gasteiger partial charge in [0.1, 0.15) is 0 Å². The minimum Gasteiger partial charge on any atom is -0.376 e. The van der Waals surface area contributed by atoms with Gasteiger partial charge in [0.25, 0.3) is 0 Å².